The first kappa shape index (κ1) is 12.4. The van der Waals surface area contributed by atoms with Gasteiger partial charge in [-0.05, 0) is 26.0 Å². The van der Waals surface area contributed by atoms with Crippen LogP contribution in [-0.2, 0) is 4.79 Å². The SMILES string of the molecule is Cc1ccc(NC(C)C(N)=O)c(C(N)=S)c1. The van der Waals surface area contributed by atoms with Gasteiger partial charge in [0, 0.05) is 11.3 Å². The predicted octanol–water partition coefficient (Wildman–Crippen LogP) is 0.915. The highest BCUT2D eigenvalue weighted by Crippen LogP contribution is 2.18. The van der Waals surface area contributed by atoms with E-state index in [0.29, 0.717) is 4.99 Å². The number of nitrogens with one attached hydrogen (secondary N) is 1. The molecular formula is C11H15N3OS. The lowest BCUT2D eigenvalue weighted by molar-refractivity contribution is -0.118. The van der Waals surface area contributed by atoms with Crippen LogP contribution in [0.2, 0.25) is 0 Å². The number of nitrogens with two attached hydrogens (primary N) is 2. The number of amides is 1. The molecule has 1 unspecified atom stereocenters. The molecule has 0 bridgehead atoms. The summed E-state index contributed by atoms with van der Waals surface area (Å²) < 4.78 is 0. The number of carbonyl (C=O) groups is 1. The first-order valence-electron chi connectivity index (χ1n) is 4.88. The van der Waals surface area contributed by atoms with E-state index in [-0.39, 0.29) is 0 Å². The third kappa shape index (κ3) is 2.93. The van der Waals surface area contributed by atoms with Crippen LogP contribution in [0, 0.1) is 6.92 Å². The average molecular weight is 237 g/mol. The Balaban J connectivity index is 3.04. The highest BCUT2D eigenvalue weighted by Gasteiger charge is 2.11. The fourth-order valence-corrected chi connectivity index (χ4v) is 1.46. The molecule has 1 rings (SSSR count). The van der Waals surface area contributed by atoms with Crippen LogP contribution in [0.3, 0.4) is 0 Å². The van der Waals surface area contributed by atoms with E-state index in [1.165, 1.54) is 0 Å². The van der Waals surface area contributed by atoms with Gasteiger partial charge in [0.05, 0.1) is 0 Å². The zero-order valence-electron chi connectivity index (χ0n) is 9.28. The van der Waals surface area contributed by atoms with Crippen LogP contribution in [0.4, 0.5) is 5.69 Å². The van der Waals surface area contributed by atoms with E-state index >= 15 is 0 Å². The minimum atomic E-state index is -0.462. The maximum absolute atomic E-state index is 10.9. The molecule has 1 atom stereocenters. The maximum Gasteiger partial charge on any atom is 0.239 e. The number of primary amides is 1. The first-order chi connectivity index (χ1) is 7.41. The summed E-state index contributed by atoms with van der Waals surface area (Å²) in [6.45, 7) is 3.63. The number of carbonyl (C=O) groups excluding carboxylic acids is 1. The molecule has 0 aliphatic carbocycles. The van der Waals surface area contributed by atoms with E-state index in [9.17, 15) is 4.79 Å². The molecule has 0 saturated carbocycles. The van der Waals surface area contributed by atoms with Crippen LogP contribution in [0.1, 0.15) is 18.1 Å². The smallest absolute Gasteiger partial charge is 0.239 e. The second kappa shape index (κ2) is 4.94. The van der Waals surface area contributed by atoms with Gasteiger partial charge >= 0.3 is 0 Å². The number of thiocarbonyl (C=S) groups is 1. The lowest BCUT2D eigenvalue weighted by atomic mass is 10.1. The van der Waals surface area contributed by atoms with Gasteiger partial charge in [-0.1, -0.05) is 23.8 Å². The molecule has 0 fully saturated rings. The van der Waals surface area contributed by atoms with Crippen LogP contribution in [-0.4, -0.2) is 16.9 Å². The van der Waals surface area contributed by atoms with Gasteiger partial charge in [0.25, 0.3) is 0 Å². The molecule has 16 heavy (non-hydrogen) atoms. The predicted molar refractivity (Wildman–Crippen MR) is 69.3 cm³/mol. The highest BCUT2D eigenvalue weighted by molar-refractivity contribution is 7.80. The number of rotatable bonds is 4. The number of aryl methyl sites for hydroxylation is 1. The van der Waals surface area contributed by atoms with Gasteiger partial charge in [0.15, 0.2) is 0 Å². The Hall–Kier alpha value is -1.62. The van der Waals surface area contributed by atoms with Crippen molar-refractivity contribution in [2.75, 3.05) is 5.32 Å². The van der Waals surface area contributed by atoms with Gasteiger partial charge in [-0.25, -0.2) is 0 Å². The van der Waals surface area contributed by atoms with Crippen molar-refractivity contribution in [2.45, 2.75) is 19.9 Å². The molecule has 0 heterocycles. The van der Waals surface area contributed by atoms with Gasteiger partial charge in [0.1, 0.15) is 11.0 Å². The third-order valence-corrected chi connectivity index (χ3v) is 2.46. The standard InChI is InChI=1S/C11H15N3OS/c1-6-3-4-9(8(5-6)11(13)16)14-7(2)10(12)15/h3-5,7,14H,1-2H3,(H2,12,15)(H2,13,16). The molecular weight excluding hydrogens is 222 g/mol. The van der Waals surface area contributed by atoms with Crippen molar-refractivity contribution < 1.29 is 4.79 Å². The molecule has 86 valence electrons. The average Bonchev–Trinajstić information content (AvgIpc) is 2.20. The van der Waals surface area contributed by atoms with Gasteiger partial charge < -0.3 is 16.8 Å². The fraction of sp³-hybridized carbons (Fsp3) is 0.273. The van der Waals surface area contributed by atoms with Crippen molar-refractivity contribution in [3.63, 3.8) is 0 Å². The lowest BCUT2D eigenvalue weighted by Gasteiger charge is -2.15. The molecule has 5 N–H and O–H groups in total. The van der Waals surface area contributed by atoms with Crippen LogP contribution in [0.15, 0.2) is 18.2 Å². The lowest BCUT2D eigenvalue weighted by Crippen LogP contribution is -2.33. The van der Waals surface area contributed by atoms with Crippen LogP contribution in [0.5, 0.6) is 0 Å². The van der Waals surface area contributed by atoms with Crippen molar-refractivity contribution in [2.24, 2.45) is 11.5 Å². The Morgan fingerprint density at radius 1 is 1.44 bits per heavy atom. The van der Waals surface area contributed by atoms with Gasteiger partial charge in [0.2, 0.25) is 5.91 Å². The van der Waals surface area contributed by atoms with E-state index in [1.807, 2.05) is 25.1 Å². The molecule has 1 aromatic carbocycles. The zero-order valence-corrected chi connectivity index (χ0v) is 10.1. The topological polar surface area (TPSA) is 81.1 Å². The van der Waals surface area contributed by atoms with E-state index in [4.69, 9.17) is 23.7 Å². The van der Waals surface area contributed by atoms with Crippen LogP contribution in [0.25, 0.3) is 0 Å². The monoisotopic (exact) mass is 237 g/mol. The Morgan fingerprint density at radius 3 is 2.56 bits per heavy atom. The maximum atomic E-state index is 10.9. The minimum absolute atomic E-state index is 0.294. The molecule has 5 heteroatoms. The fourth-order valence-electron chi connectivity index (χ4n) is 1.29. The summed E-state index contributed by atoms with van der Waals surface area (Å²) in [4.78, 5) is 11.2. The first-order valence-corrected chi connectivity index (χ1v) is 5.29. The van der Waals surface area contributed by atoms with Crippen molar-refractivity contribution in [3.05, 3.63) is 29.3 Å². The Bertz CT molecular complexity index is 431. The number of hydrogen-bond acceptors (Lipinski definition) is 3. The number of benzene rings is 1. The van der Waals surface area contributed by atoms with Crippen molar-refractivity contribution in [3.8, 4) is 0 Å². The molecule has 0 spiro atoms. The van der Waals surface area contributed by atoms with Crippen molar-refractivity contribution >= 4 is 28.8 Å². The summed E-state index contributed by atoms with van der Waals surface area (Å²) in [5.41, 5.74) is 13.3. The Morgan fingerprint density at radius 2 is 2.06 bits per heavy atom. The second-order valence-electron chi connectivity index (χ2n) is 3.68. The summed E-state index contributed by atoms with van der Waals surface area (Å²) >= 11 is 4.95. The Kier molecular flexibility index (Phi) is 3.84. The van der Waals surface area contributed by atoms with Crippen molar-refractivity contribution in [1.82, 2.24) is 0 Å². The minimum Gasteiger partial charge on any atom is -0.389 e. The Labute approximate surface area is 100 Å². The summed E-state index contributed by atoms with van der Waals surface area (Å²) in [5.74, 6) is -0.422. The summed E-state index contributed by atoms with van der Waals surface area (Å²) in [6, 6.07) is 5.16. The highest BCUT2D eigenvalue weighted by atomic mass is 32.1. The molecule has 0 saturated heterocycles. The van der Waals surface area contributed by atoms with Gasteiger partial charge in [-0.15, -0.1) is 0 Å². The molecule has 1 aromatic rings. The summed E-state index contributed by atoms with van der Waals surface area (Å²) in [7, 11) is 0. The van der Waals surface area contributed by atoms with Crippen LogP contribution < -0.4 is 16.8 Å². The zero-order chi connectivity index (χ0) is 12.3. The molecule has 0 aliphatic heterocycles. The number of anilines is 1. The summed E-state index contributed by atoms with van der Waals surface area (Å²) in [5, 5.41) is 2.98. The largest absolute Gasteiger partial charge is 0.389 e. The van der Waals surface area contributed by atoms with Gasteiger partial charge in [-0.3, -0.25) is 4.79 Å². The third-order valence-electron chi connectivity index (χ3n) is 2.24. The van der Waals surface area contributed by atoms with Crippen molar-refractivity contribution in [1.29, 1.82) is 0 Å². The molecule has 1 amide bonds. The molecule has 0 aliphatic rings. The number of hydrogen-bond donors (Lipinski definition) is 3. The normalized spacial score (nSPS) is 11.9. The molecule has 0 radical (unpaired) electrons. The van der Waals surface area contributed by atoms with E-state index in [2.05, 4.69) is 5.32 Å². The van der Waals surface area contributed by atoms with Crippen LogP contribution >= 0.6 is 12.2 Å². The van der Waals surface area contributed by atoms with Gasteiger partial charge in [-0.2, -0.15) is 0 Å². The summed E-state index contributed by atoms with van der Waals surface area (Å²) in [6.07, 6.45) is 0. The second-order valence-corrected chi connectivity index (χ2v) is 4.12. The quantitative estimate of drug-likeness (QED) is 0.680. The van der Waals surface area contributed by atoms with E-state index in [1.54, 1.807) is 6.92 Å². The van der Waals surface area contributed by atoms with E-state index < -0.39 is 11.9 Å². The molecule has 0 aromatic heterocycles. The molecule has 4 nitrogen and oxygen atoms in total. The van der Waals surface area contributed by atoms with E-state index in [0.717, 1.165) is 16.8 Å².